The van der Waals surface area contributed by atoms with Crippen molar-refractivity contribution in [1.29, 1.82) is 5.26 Å². The number of nitriles is 1. The van der Waals surface area contributed by atoms with Crippen molar-refractivity contribution in [3.8, 4) is 11.9 Å². The Morgan fingerprint density at radius 1 is 0.955 bits per heavy atom. The molecule has 1 aromatic rings. The molecule has 1 saturated heterocycles. The van der Waals surface area contributed by atoms with Gasteiger partial charge in [0.15, 0.2) is 9.84 Å². The SMILES string of the molecule is C=C(C)[C@@H]1CC[C@]2(NCCN3CCS(=O)(=O)CC3)CC[C@]3(C)[C@H](CC[C@@H]4[C@@]5(C)CC=C(C6=CCC(COc7cccc(C#N)n7)(C(=O)O[Si](C)(C)C(C)(C)C)CC6)C(C)(C)[C@@H]5CC[C@]43C)[C@@H]12. The van der Waals surface area contributed by atoms with E-state index < -0.39 is 23.6 Å². The van der Waals surface area contributed by atoms with Gasteiger partial charge in [-0.1, -0.05) is 85.8 Å². The van der Waals surface area contributed by atoms with E-state index >= 15 is 0 Å². The first kappa shape index (κ1) is 49.6. The summed E-state index contributed by atoms with van der Waals surface area (Å²) in [6, 6.07) is 7.31. The highest BCUT2D eigenvalue weighted by molar-refractivity contribution is 7.91. The fourth-order valence-electron chi connectivity index (χ4n) is 15.8. The van der Waals surface area contributed by atoms with Crippen LogP contribution in [0.5, 0.6) is 5.88 Å². The largest absolute Gasteiger partial charge is 0.519 e. The molecule has 0 radical (unpaired) electrons. The molecule has 10 atom stereocenters. The van der Waals surface area contributed by atoms with Gasteiger partial charge >= 0.3 is 5.97 Å². The van der Waals surface area contributed by atoms with Crippen molar-refractivity contribution >= 4 is 24.1 Å². The first-order chi connectivity index (χ1) is 30.8. The third-order valence-corrected chi connectivity index (χ3v) is 26.8. The number of sulfone groups is 1. The Bertz CT molecular complexity index is 2280. The van der Waals surface area contributed by atoms with Crippen LogP contribution in [-0.2, 0) is 19.1 Å². The van der Waals surface area contributed by atoms with Crippen molar-refractivity contribution in [3.63, 3.8) is 0 Å². The molecule has 1 aromatic heterocycles. The Balaban J connectivity index is 1.02. The molecule has 2 heterocycles. The zero-order valence-corrected chi connectivity index (χ0v) is 44.5. The minimum absolute atomic E-state index is 0.0155. The molecule has 4 saturated carbocycles. The summed E-state index contributed by atoms with van der Waals surface area (Å²) >= 11 is 0. The van der Waals surface area contributed by atoms with E-state index in [2.05, 4.69) is 115 Å². The molecular formula is C55H84N4O5SSi. The van der Waals surface area contributed by atoms with Crippen LogP contribution in [0.2, 0.25) is 18.1 Å². The summed E-state index contributed by atoms with van der Waals surface area (Å²) in [5, 5.41) is 13.6. The van der Waals surface area contributed by atoms with Crippen LogP contribution in [0.3, 0.4) is 0 Å². The topological polar surface area (TPSA) is 122 Å². The molecule has 11 heteroatoms. The number of nitrogens with one attached hydrogen (secondary N) is 1. The third-order valence-electron chi connectivity index (χ3n) is 20.9. The molecule has 5 fully saturated rings. The standard InChI is InChI=1S/C55H84N4O5SSi/c1-38(2)41-20-27-55(57-30-31-59-32-34-65(61,62)35-33-59)29-28-52(9)43(47(41)55)16-17-45-51(8)23-21-42(50(6,7)44(51)22-24-53(45,52)10)39-18-25-54(26-19-39,48(60)64-66(11,12)49(3,4)5)37-63-46-15-13-14-40(36-56)58-46/h13-15,18,21,41,43-45,47,57H,1,16-17,19-20,22-35,37H2,2-12H3/t41-,43+,44-,45+,47+,51-,52+,53+,54?,55-/m0/s1. The normalized spacial score (nSPS) is 38.5. The van der Waals surface area contributed by atoms with Crippen molar-refractivity contribution in [2.75, 3.05) is 44.3 Å². The number of fused-ring (bicyclic) bond motifs is 7. The zero-order chi connectivity index (χ0) is 47.9. The number of hydrogen-bond donors (Lipinski definition) is 1. The lowest BCUT2D eigenvalue weighted by atomic mass is 9.33. The molecule has 1 aliphatic heterocycles. The van der Waals surface area contributed by atoms with Gasteiger partial charge in [0.1, 0.15) is 23.8 Å². The average Bonchev–Trinajstić information content (AvgIpc) is 3.63. The number of hydrogen-bond acceptors (Lipinski definition) is 9. The van der Waals surface area contributed by atoms with E-state index in [9.17, 15) is 18.5 Å². The maximum atomic E-state index is 14.5. The molecule has 0 bridgehead atoms. The summed E-state index contributed by atoms with van der Waals surface area (Å²) in [4.78, 5) is 21.2. The Morgan fingerprint density at radius 2 is 1.68 bits per heavy atom. The van der Waals surface area contributed by atoms with E-state index in [0.717, 1.165) is 25.9 Å². The van der Waals surface area contributed by atoms with Gasteiger partial charge in [0.2, 0.25) is 5.88 Å². The highest BCUT2D eigenvalue weighted by Crippen LogP contribution is 2.76. The van der Waals surface area contributed by atoms with Crippen LogP contribution in [0.15, 0.2) is 53.6 Å². The van der Waals surface area contributed by atoms with Crippen LogP contribution >= 0.6 is 0 Å². The molecule has 8 rings (SSSR count). The summed E-state index contributed by atoms with van der Waals surface area (Å²) in [7, 11) is -5.30. The first-order valence-electron chi connectivity index (χ1n) is 25.7. The molecule has 0 amide bonds. The number of nitrogens with zero attached hydrogens (tertiary/aromatic N) is 3. The molecule has 7 aliphatic rings. The van der Waals surface area contributed by atoms with E-state index in [1.807, 2.05) is 0 Å². The fraction of sp³-hybridized carbons (Fsp3) is 0.764. The van der Waals surface area contributed by atoms with Gasteiger partial charge in [0.25, 0.3) is 8.32 Å². The van der Waals surface area contributed by atoms with Gasteiger partial charge in [0, 0.05) is 37.8 Å². The van der Waals surface area contributed by atoms with Gasteiger partial charge in [0.05, 0.1) is 11.5 Å². The zero-order valence-electron chi connectivity index (χ0n) is 42.7. The molecule has 9 nitrogen and oxygen atoms in total. The minimum atomic E-state index is -2.88. The van der Waals surface area contributed by atoms with Crippen molar-refractivity contribution in [3.05, 3.63) is 59.3 Å². The summed E-state index contributed by atoms with van der Waals surface area (Å²) in [5.74, 6) is 3.76. The number of carbonyl (C=O) groups excluding carboxylic acids is 1. The van der Waals surface area contributed by atoms with Gasteiger partial charge in [-0.15, -0.1) is 0 Å². The third kappa shape index (κ3) is 8.33. The van der Waals surface area contributed by atoms with Crippen molar-refractivity contribution < 1.29 is 22.4 Å². The molecule has 0 spiro atoms. The fourth-order valence-corrected chi connectivity index (χ4v) is 18.1. The minimum Gasteiger partial charge on any atom is -0.519 e. The van der Waals surface area contributed by atoms with E-state index in [-0.39, 0.29) is 56.3 Å². The number of allylic oxidation sites excluding steroid dienone is 5. The van der Waals surface area contributed by atoms with Gasteiger partial charge in [-0.05, 0) is 171 Å². The lowest BCUT2D eigenvalue weighted by Crippen LogP contribution is -2.68. The summed E-state index contributed by atoms with van der Waals surface area (Å²) < 4.78 is 37.1. The second kappa shape index (κ2) is 17.3. The average molecular weight is 941 g/mol. The van der Waals surface area contributed by atoms with Gasteiger partial charge in [-0.3, -0.25) is 4.79 Å². The van der Waals surface area contributed by atoms with Crippen LogP contribution < -0.4 is 10.1 Å². The molecular weight excluding hydrogens is 857 g/mol. The van der Waals surface area contributed by atoms with Crippen LogP contribution in [0.25, 0.3) is 0 Å². The molecule has 364 valence electrons. The lowest BCUT2D eigenvalue weighted by molar-refractivity contribution is -0.221. The van der Waals surface area contributed by atoms with Gasteiger partial charge in [-0.2, -0.15) is 5.26 Å². The Morgan fingerprint density at radius 3 is 2.33 bits per heavy atom. The van der Waals surface area contributed by atoms with E-state index in [4.69, 9.17) is 9.16 Å². The van der Waals surface area contributed by atoms with Crippen LogP contribution in [0, 0.1) is 68.0 Å². The van der Waals surface area contributed by atoms with Crippen LogP contribution in [-0.4, -0.2) is 82.4 Å². The van der Waals surface area contributed by atoms with Crippen molar-refractivity contribution in [2.24, 2.45) is 56.7 Å². The second-order valence-corrected chi connectivity index (χ2v) is 32.5. The Kier molecular flexibility index (Phi) is 13.0. The molecule has 0 aromatic carbocycles. The number of ether oxygens (including phenoxy) is 1. The van der Waals surface area contributed by atoms with E-state index in [1.54, 1.807) is 18.2 Å². The smallest absolute Gasteiger partial charge is 0.302 e. The number of pyridine rings is 1. The Labute approximate surface area is 400 Å². The number of rotatable bonds is 11. The molecule has 1 unspecified atom stereocenters. The number of carbonyl (C=O) groups is 1. The van der Waals surface area contributed by atoms with Crippen molar-refractivity contribution in [2.45, 2.75) is 163 Å². The highest BCUT2D eigenvalue weighted by Gasteiger charge is 2.70. The quantitative estimate of drug-likeness (QED) is 0.171. The van der Waals surface area contributed by atoms with Crippen LogP contribution in [0.4, 0.5) is 0 Å². The molecule has 6 aliphatic carbocycles. The first-order valence-corrected chi connectivity index (χ1v) is 30.5. The Hall–Kier alpha value is -2.78. The summed E-state index contributed by atoms with van der Waals surface area (Å²) in [6.07, 6.45) is 18.1. The van der Waals surface area contributed by atoms with Gasteiger partial charge < -0.3 is 19.4 Å². The van der Waals surface area contributed by atoms with E-state index in [0.29, 0.717) is 67.1 Å². The second-order valence-electron chi connectivity index (χ2n) is 25.4. The summed E-state index contributed by atoms with van der Waals surface area (Å²) in [6.45, 7) is 34.2. The monoisotopic (exact) mass is 941 g/mol. The lowest BCUT2D eigenvalue weighted by Gasteiger charge is -2.72. The highest BCUT2D eigenvalue weighted by atomic mass is 32.2. The van der Waals surface area contributed by atoms with E-state index in [1.165, 1.54) is 68.1 Å². The summed E-state index contributed by atoms with van der Waals surface area (Å²) in [5.41, 5.74) is 4.48. The van der Waals surface area contributed by atoms with Crippen LogP contribution in [0.1, 0.15) is 145 Å². The maximum Gasteiger partial charge on any atom is 0.302 e. The maximum absolute atomic E-state index is 14.5. The van der Waals surface area contributed by atoms with Crippen molar-refractivity contribution in [1.82, 2.24) is 15.2 Å². The predicted octanol–water partition coefficient (Wildman–Crippen LogP) is 11.2. The predicted molar refractivity (Wildman–Crippen MR) is 268 cm³/mol. The molecule has 66 heavy (non-hydrogen) atoms. The number of aromatic nitrogens is 1. The molecule has 1 N–H and O–H groups in total. The van der Waals surface area contributed by atoms with Gasteiger partial charge in [-0.25, -0.2) is 13.4 Å².